The smallest absolute Gasteiger partial charge is 0.310 e. The monoisotopic (exact) mass is 296 g/mol. The largest absolute Gasteiger partial charge is 0.481 e. The van der Waals surface area contributed by atoms with Gasteiger partial charge in [0.15, 0.2) is 5.82 Å². The predicted octanol–water partition coefficient (Wildman–Crippen LogP) is 3.08. The second-order valence-corrected chi connectivity index (χ2v) is 6.31. The normalized spacial score (nSPS) is 11.8. The molecule has 0 saturated heterocycles. The Hall–Kier alpha value is -1.46. The quantitative estimate of drug-likeness (QED) is 0.635. The van der Waals surface area contributed by atoms with Gasteiger partial charge < -0.3 is 5.11 Å². The maximum Gasteiger partial charge on any atom is 0.310 e. The van der Waals surface area contributed by atoms with E-state index in [1.807, 2.05) is 0 Å². The molecule has 6 heteroatoms. The number of aromatic nitrogens is 4. The SMILES string of the molecule is CCCCCCCCCc1nnnn1CC(C)(C)C(=O)O. The molecular weight excluding hydrogens is 268 g/mol. The fourth-order valence-corrected chi connectivity index (χ4v) is 2.21. The van der Waals surface area contributed by atoms with Gasteiger partial charge >= 0.3 is 5.97 Å². The van der Waals surface area contributed by atoms with Crippen molar-refractivity contribution in [3.63, 3.8) is 0 Å². The summed E-state index contributed by atoms with van der Waals surface area (Å²) in [6.45, 7) is 5.91. The van der Waals surface area contributed by atoms with Crippen LogP contribution in [-0.4, -0.2) is 31.3 Å². The maximum absolute atomic E-state index is 11.2. The van der Waals surface area contributed by atoms with Crippen molar-refractivity contribution in [1.82, 2.24) is 20.2 Å². The maximum atomic E-state index is 11.2. The molecule has 21 heavy (non-hydrogen) atoms. The molecule has 1 N–H and O–H groups in total. The first-order valence-electron chi connectivity index (χ1n) is 7.96. The number of unbranched alkanes of at least 4 members (excludes halogenated alkanes) is 6. The first kappa shape index (κ1) is 17.6. The second kappa shape index (κ2) is 8.74. The van der Waals surface area contributed by atoms with Crippen LogP contribution in [0.5, 0.6) is 0 Å². The lowest BCUT2D eigenvalue weighted by atomic mass is 9.94. The molecule has 0 aliphatic carbocycles. The molecule has 0 unspecified atom stereocenters. The minimum absolute atomic E-state index is 0.307. The van der Waals surface area contributed by atoms with Crippen molar-refractivity contribution in [1.29, 1.82) is 0 Å². The minimum Gasteiger partial charge on any atom is -0.481 e. The van der Waals surface area contributed by atoms with Gasteiger partial charge in [0.05, 0.1) is 12.0 Å². The summed E-state index contributed by atoms with van der Waals surface area (Å²) in [5, 5.41) is 20.8. The zero-order valence-electron chi connectivity index (χ0n) is 13.5. The van der Waals surface area contributed by atoms with Crippen LogP contribution in [0.25, 0.3) is 0 Å². The Morgan fingerprint density at radius 2 is 1.76 bits per heavy atom. The number of carboxylic acids is 1. The highest BCUT2D eigenvalue weighted by molar-refractivity contribution is 5.73. The molecule has 1 aromatic heterocycles. The lowest BCUT2D eigenvalue weighted by molar-refractivity contribution is -0.147. The number of aryl methyl sites for hydroxylation is 1. The molecule has 0 fully saturated rings. The minimum atomic E-state index is -0.857. The highest BCUT2D eigenvalue weighted by Gasteiger charge is 2.29. The summed E-state index contributed by atoms with van der Waals surface area (Å²) in [6, 6.07) is 0. The molecule has 0 aliphatic rings. The van der Waals surface area contributed by atoms with Crippen molar-refractivity contribution >= 4 is 5.97 Å². The average molecular weight is 296 g/mol. The van der Waals surface area contributed by atoms with Gasteiger partial charge in [-0.25, -0.2) is 4.68 Å². The Morgan fingerprint density at radius 1 is 1.14 bits per heavy atom. The van der Waals surface area contributed by atoms with Gasteiger partial charge in [-0.2, -0.15) is 0 Å². The van der Waals surface area contributed by atoms with Gasteiger partial charge in [-0.15, -0.1) is 5.10 Å². The topological polar surface area (TPSA) is 80.9 Å². The van der Waals surface area contributed by atoms with E-state index in [-0.39, 0.29) is 0 Å². The van der Waals surface area contributed by atoms with Gasteiger partial charge in [0, 0.05) is 6.42 Å². The summed E-state index contributed by atoms with van der Waals surface area (Å²) in [5.41, 5.74) is -0.857. The van der Waals surface area contributed by atoms with Gasteiger partial charge in [0.1, 0.15) is 0 Å². The fraction of sp³-hybridized carbons (Fsp3) is 0.867. The number of carbonyl (C=O) groups is 1. The second-order valence-electron chi connectivity index (χ2n) is 6.31. The summed E-state index contributed by atoms with van der Waals surface area (Å²) in [6.07, 6.45) is 9.51. The highest BCUT2D eigenvalue weighted by Crippen LogP contribution is 2.18. The fourth-order valence-electron chi connectivity index (χ4n) is 2.21. The molecule has 0 bridgehead atoms. The molecule has 0 radical (unpaired) electrons. The third kappa shape index (κ3) is 6.23. The van der Waals surface area contributed by atoms with Crippen LogP contribution in [0.2, 0.25) is 0 Å². The lowest BCUT2D eigenvalue weighted by Gasteiger charge is -2.19. The number of carboxylic acid groups (broad SMARTS) is 1. The predicted molar refractivity (Wildman–Crippen MR) is 80.9 cm³/mol. The average Bonchev–Trinajstić information content (AvgIpc) is 2.84. The van der Waals surface area contributed by atoms with Crippen molar-refractivity contribution in [2.24, 2.45) is 5.41 Å². The van der Waals surface area contributed by atoms with Gasteiger partial charge in [-0.05, 0) is 30.7 Å². The van der Waals surface area contributed by atoms with Crippen molar-refractivity contribution in [3.8, 4) is 0 Å². The molecule has 0 aromatic carbocycles. The van der Waals surface area contributed by atoms with E-state index < -0.39 is 11.4 Å². The first-order chi connectivity index (χ1) is 9.97. The molecule has 0 atom stereocenters. The molecule has 1 rings (SSSR count). The molecule has 0 saturated carbocycles. The molecule has 120 valence electrons. The Morgan fingerprint density at radius 3 is 2.38 bits per heavy atom. The molecule has 0 aliphatic heterocycles. The third-order valence-corrected chi connectivity index (χ3v) is 3.73. The number of aliphatic carboxylic acids is 1. The van der Waals surface area contributed by atoms with Crippen LogP contribution in [0.15, 0.2) is 0 Å². The third-order valence-electron chi connectivity index (χ3n) is 3.73. The van der Waals surface area contributed by atoms with Crippen LogP contribution >= 0.6 is 0 Å². The zero-order valence-corrected chi connectivity index (χ0v) is 13.5. The summed E-state index contributed by atoms with van der Waals surface area (Å²) in [7, 11) is 0. The van der Waals surface area contributed by atoms with E-state index in [1.54, 1.807) is 18.5 Å². The number of hydrogen-bond acceptors (Lipinski definition) is 4. The van der Waals surface area contributed by atoms with Crippen LogP contribution in [-0.2, 0) is 17.8 Å². The summed E-state index contributed by atoms with van der Waals surface area (Å²) < 4.78 is 1.63. The molecule has 0 spiro atoms. The molecular formula is C15H28N4O2. The van der Waals surface area contributed by atoms with E-state index in [0.717, 1.165) is 18.7 Å². The van der Waals surface area contributed by atoms with Crippen LogP contribution in [0.4, 0.5) is 0 Å². The molecule has 1 aromatic rings. The van der Waals surface area contributed by atoms with Crippen LogP contribution < -0.4 is 0 Å². The van der Waals surface area contributed by atoms with Crippen LogP contribution in [0, 0.1) is 5.41 Å². The van der Waals surface area contributed by atoms with Crippen LogP contribution in [0.3, 0.4) is 0 Å². The van der Waals surface area contributed by atoms with Gasteiger partial charge in [0.25, 0.3) is 0 Å². The number of nitrogens with zero attached hydrogens (tertiary/aromatic N) is 4. The number of hydrogen-bond donors (Lipinski definition) is 1. The first-order valence-corrected chi connectivity index (χ1v) is 7.96. The van der Waals surface area contributed by atoms with Gasteiger partial charge in [-0.3, -0.25) is 4.79 Å². The molecule has 1 heterocycles. The number of tetrazole rings is 1. The standard InChI is InChI=1S/C15H28N4O2/c1-4-5-6-7-8-9-10-11-13-16-17-18-19(13)12-15(2,3)14(20)21/h4-12H2,1-3H3,(H,20,21). The Balaban J connectivity index is 2.34. The van der Waals surface area contributed by atoms with E-state index >= 15 is 0 Å². The Kier molecular flexibility index (Phi) is 7.32. The Bertz CT molecular complexity index is 429. The van der Waals surface area contributed by atoms with Crippen molar-refractivity contribution < 1.29 is 9.90 Å². The zero-order chi connectivity index (χ0) is 15.7. The van der Waals surface area contributed by atoms with Gasteiger partial charge in [-0.1, -0.05) is 45.4 Å². The van der Waals surface area contributed by atoms with Gasteiger partial charge in [0.2, 0.25) is 0 Å². The van der Waals surface area contributed by atoms with E-state index in [1.165, 1.54) is 38.5 Å². The summed E-state index contributed by atoms with van der Waals surface area (Å²) in [5.74, 6) is -0.0437. The van der Waals surface area contributed by atoms with E-state index in [0.29, 0.717) is 6.54 Å². The van der Waals surface area contributed by atoms with Crippen molar-refractivity contribution in [2.45, 2.75) is 78.7 Å². The molecule has 0 amide bonds. The molecule has 6 nitrogen and oxygen atoms in total. The number of rotatable bonds is 11. The van der Waals surface area contributed by atoms with Crippen molar-refractivity contribution in [2.75, 3.05) is 0 Å². The Labute approximate surface area is 126 Å². The summed E-state index contributed by atoms with van der Waals surface area (Å²) in [4.78, 5) is 11.2. The van der Waals surface area contributed by atoms with Crippen LogP contribution in [0.1, 0.15) is 71.5 Å². The van der Waals surface area contributed by atoms with E-state index in [2.05, 4.69) is 22.4 Å². The summed E-state index contributed by atoms with van der Waals surface area (Å²) >= 11 is 0. The van der Waals surface area contributed by atoms with E-state index in [4.69, 9.17) is 5.11 Å². The lowest BCUT2D eigenvalue weighted by Crippen LogP contribution is -2.30. The van der Waals surface area contributed by atoms with E-state index in [9.17, 15) is 4.79 Å². The highest BCUT2D eigenvalue weighted by atomic mass is 16.4. The van der Waals surface area contributed by atoms with Crippen molar-refractivity contribution in [3.05, 3.63) is 5.82 Å².